The second kappa shape index (κ2) is 6.98. The second-order valence-corrected chi connectivity index (χ2v) is 8.83. The minimum absolute atomic E-state index is 0.319. The monoisotopic (exact) mass is 326 g/mol. The van der Waals surface area contributed by atoms with E-state index in [-0.39, 0.29) is 0 Å². The Hall–Kier alpha value is -1.18. The maximum Gasteiger partial charge on any atom is 0.206 e. The molecule has 0 bridgehead atoms. The van der Waals surface area contributed by atoms with E-state index in [4.69, 9.17) is 0 Å². The van der Waals surface area contributed by atoms with Gasteiger partial charge in [0.1, 0.15) is 0 Å². The lowest BCUT2D eigenvalue weighted by Crippen LogP contribution is -2.43. The largest absolute Gasteiger partial charge is 0.292 e. The molecule has 3 fully saturated rings. The van der Waals surface area contributed by atoms with Crippen LogP contribution in [0.5, 0.6) is 0 Å². The molecule has 0 saturated heterocycles. The van der Waals surface area contributed by atoms with Crippen molar-refractivity contribution in [2.24, 2.45) is 29.6 Å². The molecule has 4 rings (SSSR count). The molecule has 0 spiro atoms. The molecule has 24 heavy (non-hydrogen) atoms. The summed E-state index contributed by atoms with van der Waals surface area (Å²) in [6, 6.07) is 4.14. The predicted octanol–water partition coefficient (Wildman–Crippen LogP) is 4.48. The highest BCUT2D eigenvalue weighted by atomic mass is 16.1. The molecule has 2 heteroatoms. The minimum atomic E-state index is 0.319. The van der Waals surface area contributed by atoms with Gasteiger partial charge in [0.15, 0.2) is 12.4 Å². The van der Waals surface area contributed by atoms with Gasteiger partial charge in [-0.05, 0) is 68.8 Å². The number of hydrogen-bond donors (Lipinski definition) is 0. The molecule has 0 N–H and O–H groups in total. The van der Waals surface area contributed by atoms with E-state index in [0.717, 1.165) is 30.1 Å². The van der Waals surface area contributed by atoms with Gasteiger partial charge in [-0.3, -0.25) is 4.79 Å². The molecule has 1 heterocycles. The third-order valence-electron chi connectivity index (χ3n) is 7.22. The Balaban J connectivity index is 1.37. The number of fused-ring (bicyclic) bond motifs is 2. The number of rotatable bonds is 3. The van der Waals surface area contributed by atoms with Gasteiger partial charge in [0, 0.05) is 17.5 Å². The van der Waals surface area contributed by atoms with Crippen LogP contribution in [0.15, 0.2) is 24.5 Å². The molecule has 0 amide bonds. The van der Waals surface area contributed by atoms with Crippen LogP contribution in [0.3, 0.4) is 0 Å². The van der Waals surface area contributed by atoms with Crippen molar-refractivity contribution in [3.05, 3.63) is 30.1 Å². The van der Waals surface area contributed by atoms with Gasteiger partial charge in [-0.15, -0.1) is 0 Å². The number of hydrogen-bond acceptors (Lipinski definition) is 1. The summed E-state index contributed by atoms with van der Waals surface area (Å²) in [5.41, 5.74) is 1.23. The van der Waals surface area contributed by atoms with Crippen LogP contribution in [0, 0.1) is 36.5 Å². The Morgan fingerprint density at radius 1 is 1.00 bits per heavy atom. The maximum atomic E-state index is 12.8. The topological polar surface area (TPSA) is 20.9 Å². The smallest absolute Gasteiger partial charge is 0.206 e. The molecule has 0 radical (unpaired) electrons. The number of pyridine rings is 1. The van der Waals surface area contributed by atoms with E-state index in [2.05, 4.69) is 23.8 Å². The summed E-state index contributed by atoms with van der Waals surface area (Å²) in [5, 5.41) is 0. The summed E-state index contributed by atoms with van der Waals surface area (Å²) < 4.78 is 2.07. The normalized spacial score (nSPS) is 35.8. The van der Waals surface area contributed by atoms with Gasteiger partial charge < -0.3 is 0 Å². The Kier molecular flexibility index (Phi) is 4.74. The first kappa shape index (κ1) is 16.3. The van der Waals surface area contributed by atoms with Crippen LogP contribution in [0.25, 0.3) is 0 Å². The van der Waals surface area contributed by atoms with Crippen LogP contribution in [-0.4, -0.2) is 5.78 Å². The minimum Gasteiger partial charge on any atom is -0.292 e. The number of aromatic nitrogens is 1. The predicted molar refractivity (Wildman–Crippen MR) is 95.4 cm³/mol. The van der Waals surface area contributed by atoms with Crippen LogP contribution in [-0.2, 0) is 11.3 Å². The van der Waals surface area contributed by atoms with Crippen molar-refractivity contribution in [1.82, 2.24) is 0 Å². The summed E-state index contributed by atoms with van der Waals surface area (Å²) in [5.74, 6) is 4.57. The molecule has 130 valence electrons. The lowest BCUT2D eigenvalue weighted by atomic mass is 9.58. The Morgan fingerprint density at radius 3 is 2.46 bits per heavy atom. The molecule has 3 aliphatic carbocycles. The fourth-order valence-electron chi connectivity index (χ4n) is 5.96. The van der Waals surface area contributed by atoms with Gasteiger partial charge in [0.2, 0.25) is 12.3 Å². The van der Waals surface area contributed by atoms with E-state index in [0.29, 0.717) is 18.2 Å². The van der Waals surface area contributed by atoms with Gasteiger partial charge in [-0.2, -0.15) is 4.57 Å². The Morgan fingerprint density at radius 2 is 1.71 bits per heavy atom. The summed E-state index contributed by atoms with van der Waals surface area (Å²) >= 11 is 0. The number of carbonyl (C=O) groups is 1. The molecule has 3 aliphatic rings. The molecular formula is C22H32NO+. The van der Waals surface area contributed by atoms with Gasteiger partial charge in [-0.1, -0.05) is 25.7 Å². The quantitative estimate of drug-likeness (QED) is 0.750. The highest BCUT2D eigenvalue weighted by Gasteiger charge is 2.42. The van der Waals surface area contributed by atoms with Crippen molar-refractivity contribution in [2.45, 2.75) is 71.3 Å². The maximum absolute atomic E-state index is 12.8. The average Bonchev–Trinajstić information content (AvgIpc) is 2.59. The van der Waals surface area contributed by atoms with Gasteiger partial charge in [-0.25, -0.2) is 0 Å². The van der Waals surface area contributed by atoms with Crippen LogP contribution >= 0.6 is 0 Å². The van der Waals surface area contributed by atoms with Crippen LogP contribution in [0.2, 0.25) is 0 Å². The van der Waals surface area contributed by atoms with E-state index < -0.39 is 0 Å². The number of ketones is 1. The molecule has 5 atom stereocenters. The zero-order valence-electron chi connectivity index (χ0n) is 15.1. The first-order valence-corrected chi connectivity index (χ1v) is 10.2. The van der Waals surface area contributed by atoms with Gasteiger partial charge >= 0.3 is 0 Å². The first-order chi connectivity index (χ1) is 11.7. The summed E-state index contributed by atoms with van der Waals surface area (Å²) in [6.45, 7) is 2.66. The van der Waals surface area contributed by atoms with E-state index in [1.165, 1.54) is 56.9 Å². The van der Waals surface area contributed by atoms with E-state index in [1.807, 2.05) is 12.3 Å². The van der Waals surface area contributed by atoms with Crippen molar-refractivity contribution in [3.63, 3.8) is 0 Å². The van der Waals surface area contributed by atoms with Crippen LogP contribution < -0.4 is 4.57 Å². The van der Waals surface area contributed by atoms with E-state index >= 15 is 0 Å². The zero-order chi connectivity index (χ0) is 16.5. The molecular weight excluding hydrogens is 294 g/mol. The van der Waals surface area contributed by atoms with Crippen LogP contribution in [0.4, 0.5) is 0 Å². The number of aryl methyl sites for hydroxylation is 1. The van der Waals surface area contributed by atoms with Crippen molar-refractivity contribution in [2.75, 3.05) is 0 Å². The fourth-order valence-corrected chi connectivity index (χ4v) is 5.96. The highest BCUT2D eigenvalue weighted by Crippen LogP contribution is 2.51. The van der Waals surface area contributed by atoms with Crippen molar-refractivity contribution in [1.29, 1.82) is 0 Å². The third kappa shape index (κ3) is 3.43. The summed E-state index contributed by atoms with van der Waals surface area (Å²) in [6.07, 6.45) is 16.5. The fraction of sp³-hybridized carbons (Fsp3) is 0.727. The standard InChI is InChI=1S/C22H32NO/c1-16-5-4-10-23(14-16)15-22(24)20-9-8-19-11-17-6-2-3-7-18(17)12-21(19)13-20/h4-5,10,14,17-21H,2-3,6-9,11-13,15H2,1H3/q+1/t17-,18+,19+,20+,21+/m0/s1. The van der Waals surface area contributed by atoms with Crippen molar-refractivity contribution in [3.8, 4) is 0 Å². The van der Waals surface area contributed by atoms with Crippen molar-refractivity contribution >= 4 is 5.78 Å². The number of nitrogens with zero attached hydrogens (tertiary/aromatic N) is 1. The molecule has 3 saturated carbocycles. The summed E-state index contributed by atoms with van der Waals surface area (Å²) in [7, 11) is 0. The molecule has 1 aromatic rings. The molecule has 0 aliphatic heterocycles. The second-order valence-electron chi connectivity index (χ2n) is 8.83. The van der Waals surface area contributed by atoms with Gasteiger partial charge in [0.25, 0.3) is 0 Å². The molecule has 1 aromatic heterocycles. The Bertz CT molecular complexity index is 595. The zero-order valence-corrected chi connectivity index (χ0v) is 15.1. The van der Waals surface area contributed by atoms with E-state index in [9.17, 15) is 4.79 Å². The highest BCUT2D eigenvalue weighted by molar-refractivity contribution is 5.79. The average molecular weight is 327 g/mol. The summed E-state index contributed by atoms with van der Waals surface area (Å²) in [4.78, 5) is 12.8. The van der Waals surface area contributed by atoms with E-state index in [1.54, 1.807) is 0 Å². The third-order valence-corrected chi connectivity index (χ3v) is 7.22. The number of Topliss-reactive ketones (excluding diaryl/α,β-unsaturated/α-hetero) is 1. The van der Waals surface area contributed by atoms with Gasteiger partial charge in [0.05, 0.1) is 0 Å². The van der Waals surface area contributed by atoms with Crippen molar-refractivity contribution < 1.29 is 9.36 Å². The molecule has 2 nitrogen and oxygen atoms in total. The Labute approximate surface area is 146 Å². The molecule has 0 unspecified atom stereocenters. The SMILES string of the molecule is Cc1ccc[n+](CC(=O)[C@@H]2CC[C@@H]3C[C@@H]4CCCC[C@@H]4C[C@@H]3C2)c1. The lowest BCUT2D eigenvalue weighted by molar-refractivity contribution is -0.684. The lowest BCUT2D eigenvalue weighted by Gasteiger charge is -2.47. The molecule has 0 aromatic carbocycles. The van der Waals surface area contributed by atoms with Crippen LogP contribution in [0.1, 0.15) is 63.4 Å². The first-order valence-electron chi connectivity index (χ1n) is 10.2. The number of carbonyl (C=O) groups excluding carboxylic acids is 1.